The Morgan fingerprint density at radius 3 is 2.90 bits per heavy atom. The third kappa shape index (κ3) is 3.04. The van der Waals surface area contributed by atoms with Gasteiger partial charge in [0.05, 0.1) is 6.61 Å². The van der Waals surface area contributed by atoms with Crippen LogP contribution in [0, 0.1) is 6.92 Å². The summed E-state index contributed by atoms with van der Waals surface area (Å²) < 4.78 is 5.34. The molecule has 1 atom stereocenters. The van der Waals surface area contributed by atoms with E-state index in [0.717, 1.165) is 4.90 Å². The predicted molar refractivity (Wildman–Crippen MR) is 72.4 cm³/mol. The number of nitrogens with zero attached hydrogens (tertiary/aromatic N) is 3. The Balaban J connectivity index is 2.13. The van der Waals surface area contributed by atoms with E-state index in [9.17, 15) is 9.59 Å². The second-order valence-electron chi connectivity index (χ2n) is 4.60. The molecule has 2 heterocycles. The summed E-state index contributed by atoms with van der Waals surface area (Å²) >= 11 is 0. The van der Waals surface area contributed by atoms with Crippen molar-refractivity contribution in [1.82, 2.24) is 14.9 Å². The van der Waals surface area contributed by atoms with E-state index < -0.39 is 6.04 Å². The lowest BCUT2D eigenvalue weighted by Gasteiger charge is -2.28. The highest BCUT2D eigenvalue weighted by Gasteiger charge is 2.31. The van der Waals surface area contributed by atoms with Gasteiger partial charge in [0.25, 0.3) is 5.91 Å². The number of imide groups is 1. The molecule has 108 valence electrons. The molecule has 7 heteroatoms. The topological polar surface area (TPSA) is 84.4 Å². The smallest absolute Gasteiger partial charge is 0.251 e. The molecule has 1 aliphatic rings. The van der Waals surface area contributed by atoms with Crippen molar-refractivity contribution >= 4 is 17.6 Å². The molecule has 1 fully saturated rings. The lowest BCUT2D eigenvalue weighted by atomic mass is 10.0. The molecule has 0 bridgehead atoms. The Kier molecular flexibility index (Phi) is 4.16. The fourth-order valence-corrected chi connectivity index (χ4v) is 2.06. The monoisotopic (exact) mass is 278 g/mol. The SMILES string of the molecule is CCOc1cc(NC2CCC(=O)N(C)C2=O)nc(C)n1. The first-order valence-electron chi connectivity index (χ1n) is 6.56. The van der Waals surface area contributed by atoms with Crippen molar-refractivity contribution in [3.05, 3.63) is 11.9 Å². The van der Waals surface area contributed by atoms with Gasteiger partial charge in [0.1, 0.15) is 17.7 Å². The molecule has 1 saturated heterocycles. The number of aryl methyl sites for hydroxylation is 1. The van der Waals surface area contributed by atoms with Crippen LogP contribution < -0.4 is 10.1 Å². The Morgan fingerprint density at radius 1 is 1.45 bits per heavy atom. The second kappa shape index (κ2) is 5.85. The Morgan fingerprint density at radius 2 is 2.20 bits per heavy atom. The Labute approximate surface area is 117 Å². The van der Waals surface area contributed by atoms with Crippen LogP contribution in [-0.2, 0) is 9.59 Å². The molecule has 2 amide bonds. The molecule has 7 nitrogen and oxygen atoms in total. The second-order valence-corrected chi connectivity index (χ2v) is 4.60. The molecule has 0 radical (unpaired) electrons. The number of likely N-dealkylation sites (N-methyl/N-ethyl adjacent to an activating group) is 1. The molecule has 1 unspecified atom stereocenters. The fraction of sp³-hybridized carbons (Fsp3) is 0.538. The Hall–Kier alpha value is -2.18. The number of likely N-dealkylation sites (tertiary alicyclic amines) is 1. The van der Waals surface area contributed by atoms with E-state index in [1.54, 1.807) is 13.0 Å². The van der Waals surface area contributed by atoms with Gasteiger partial charge in [-0.3, -0.25) is 14.5 Å². The van der Waals surface area contributed by atoms with Crippen LogP contribution in [0.15, 0.2) is 6.07 Å². The van der Waals surface area contributed by atoms with Crippen molar-refractivity contribution < 1.29 is 14.3 Å². The van der Waals surface area contributed by atoms with Gasteiger partial charge in [0.15, 0.2) is 0 Å². The van der Waals surface area contributed by atoms with Gasteiger partial charge in [0, 0.05) is 19.5 Å². The summed E-state index contributed by atoms with van der Waals surface area (Å²) in [6.07, 6.45) is 0.817. The number of carbonyl (C=O) groups is 2. The molecular formula is C13H18N4O3. The summed E-state index contributed by atoms with van der Waals surface area (Å²) in [5, 5.41) is 3.05. The molecule has 1 N–H and O–H groups in total. The van der Waals surface area contributed by atoms with Crippen molar-refractivity contribution in [2.45, 2.75) is 32.7 Å². The minimum Gasteiger partial charge on any atom is -0.478 e. The van der Waals surface area contributed by atoms with E-state index in [-0.39, 0.29) is 11.8 Å². The third-order valence-corrected chi connectivity index (χ3v) is 3.08. The van der Waals surface area contributed by atoms with Gasteiger partial charge in [-0.15, -0.1) is 0 Å². The summed E-state index contributed by atoms with van der Waals surface area (Å²) in [5.74, 6) is 1.17. The molecule has 1 aromatic heterocycles. The summed E-state index contributed by atoms with van der Waals surface area (Å²) in [6, 6.07) is 1.21. The average molecular weight is 278 g/mol. The zero-order chi connectivity index (χ0) is 14.7. The van der Waals surface area contributed by atoms with Crippen LogP contribution >= 0.6 is 0 Å². The number of hydrogen-bond donors (Lipinski definition) is 1. The number of nitrogens with one attached hydrogen (secondary N) is 1. The Bertz CT molecular complexity index is 532. The maximum atomic E-state index is 12.0. The minimum atomic E-state index is -0.443. The van der Waals surface area contributed by atoms with Crippen molar-refractivity contribution in [1.29, 1.82) is 0 Å². The molecular weight excluding hydrogens is 260 g/mol. The normalized spacial score (nSPS) is 19.1. The van der Waals surface area contributed by atoms with E-state index in [1.807, 2.05) is 6.92 Å². The van der Waals surface area contributed by atoms with Crippen LogP contribution in [0.1, 0.15) is 25.6 Å². The molecule has 2 rings (SSSR count). The highest BCUT2D eigenvalue weighted by atomic mass is 16.5. The van der Waals surface area contributed by atoms with Crippen LogP contribution in [0.2, 0.25) is 0 Å². The predicted octanol–water partition coefficient (Wildman–Crippen LogP) is 0.743. The number of aromatic nitrogens is 2. The first-order chi connectivity index (χ1) is 9.51. The zero-order valence-electron chi connectivity index (χ0n) is 11.8. The van der Waals surface area contributed by atoms with Gasteiger partial charge in [-0.25, -0.2) is 4.98 Å². The lowest BCUT2D eigenvalue weighted by molar-refractivity contribution is -0.146. The largest absolute Gasteiger partial charge is 0.478 e. The van der Waals surface area contributed by atoms with E-state index >= 15 is 0 Å². The maximum absolute atomic E-state index is 12.0. The maximum Gasteiger partial charge on any atom is 0.251 e. The fourth-order valence-electron chi connectivity index (χ4n) is 2.06. The summed E-state index contributed by atoms with van der Waals surface area (Å²) in [7, 11) is 1.50. The van der Waals surface area contributed by atoms with E-state index in [0.29, 0.717) is 37.0 Å². The molecule has 0 spiro atoms. The molecule has 0 aliphatic carbocycles. The number of carbonyl (C=O) groups excluding carboxylic acids is 2. The average Bonchev–Trinajstić information content (AvgIpc) is 2.39. The highest BCUT2D eigenvalue weighted by molar-refractivity contribution is 6.01. The number of amides is 2. The van der Waals surface area contributed by atoms with E-state index in [1.165, 1.54) is 7.05 Å². The first-order valence-corrected chi connectivity index (χ1v) is 6.56. The number of rotatable bonds is 4. The molecule has 1 aromatic rings. The van der Waals surface area contributed by atoms with E-state index in [4.69, 9.17) is 4.74 Å². The number of anilines is 1. The van der Waals surface area contributed by atoms with Crippen LogP contribution in [0.25, 0.3) is 0 Å². The van der Waals surface area contributed by atoms with Gasteiger partial charge < -0.3 is 10.1 Å². The molecule has 0 saturated carbocycles. The third-order valence-electron chi connectivity index (χ3n) is 3.08. The van der Waals surface area contributed by atoms with Crippen molar-refractivity contribution in [2.24, 2.45) is 0 Å². The molecule has 20 heavy (non-hydrogen) atoms. The van der Waals surface area contributed by atoms with Crippen molar-refractivity contribution in [2.75, 3.05) is 19.0 Å². The van der Waals surface area contributed by atoms with Crippen LogP contribution in [0.4, 0.5) is 5.82 Å². The van der Waals surface area contributed by atoms with Gasteiger partial charge in [0.2, 0.25) is 11.8 Å². The van der Waals surface area contributed by atoms with Crippen LogP contribution in [-0.4, -0.2) is 46.4 Å². The van der Waals surface area contributed by atoms with Crippen LogP contribution in [0.3, 0.4) is 0 Å². The standard InChI is InChI=1S/C13H18N4O3/c1-4-20-11-7-10(14-8(2)15-11)16-9-5-6-12(18)17(3)13(9)19/h7,9H,4-6H2,1-3H3,(H,14,15,16). The first kappa shape index (κ1) is 14.2. The summed E-state index contributed by atoms with van der Waals surface area (Å²) in [5.41, 5.74) is 0. The van der Waals surface area contributed by atoms with Gasteiger partial charge in [-0.1, -0.05) is 0 Å². The minimum absolute atomic E-state index is 0.151. The van der Waals surface area contributed by atoms with Gasteiger partial charge >= 0.3 is 0 Å². The van der Waals surface area contributed by atoms with E-state index in [2.05, 4.69) is 15.3 Å². The molecule has 0 aromatic carbocycles. The summed E-state index contributed by atoms with van der Waals surface area (Å²) in [4.78, 5) is 33.0. The quantitative estimate of drug-likeness (QED) is 0.818. The number of piperidine rings is 1. The van der Waals surface area contributed by atoms with Crippen molar-refractivity contribution in [3.63, 3.8) is 0 Å². The molecule has 1 aliphatic heterocycles. The highest BCUT2D eigenvalue weighted by Crippen LogP contribution is 2.18. The lowest BCUT2D eigenvalue weighted by Crippen LogP contribution is -2.48. The van der Waals surface area contributed by atoms with Gasteiger partial charge in [-0.2, -0.15) is 4.98 Å². The van der Waals surface area contributed by atoms with Crippen molar-refractivity contribution in [3.8, 4) is 5.88 Å². The van der Waals surface area contributed by atoms with Gasteiger partial charge in [-0.05, 0) is 20.3 Å². The number of hydrogen-bond acceptors (Lipinski definition) is 6. The van der Waals surface area contributed by atoms with Crippen LogP contribution in [0.5, 0.6) is 5.88 Å². The number of ether oxygens (including phenoxy) is 1. The zero-order valence-corrected chi connectivity index (χ0v) is 11.8. The summed E-state index contributed by atoms with van der Waals surface area (Å²) in [6.45, 7) is 4.14.